The fourth-order valence-electron chi connectivity index (χ4n) is 1.73. The molecule has 102 valence electrons. The van der Waals surface area contributed by atoms with E-state index in [0.717, 1.165) is 11.9 Å². The van der Waals surface area contributed by atoms with E-state index in [0.29, 0.717) is 14.4 Å². The fourth-order valence-corrected chi connectivity index (χ4v) is 4.60. The van der Waals surface area contributed by atoms with Gasteiger partial charge in [0, 0.05) is 11.9 Å². The summed E-state index contributed by atoms with van der Waals surface area (Å²) >= 11 is 0.841. The number of sulfonamides is 1. The predicted octanol–water partition coefficient (Wildman–Crippen LogP) is 2.90. The highest BCUT2D eigenvalue weighted by molar-refractivity contribution is 8.11. The third-order valence-electron chi connectivity index (χ3n) is 2.62. The molecule has 0 fully saturated rings. The molecule has 1 amide bonds. The number of para-hydroxylation sites is 1. The second-order valence-electron chi connectivity index (χ2n) is 3.95. The molecule has 2 aromatic rings. The summed E-state index contributed by atoms with van der Waals surface area (Å²) in [5.74, 6) is 0.296. The van der Waals surface area contributed by atoms with Crippen LogP contribution < -0.4 is 4.74 Å². The Morgan fingerprint density at radius 3 is 2.35 bits per heavy atom. The number of carbonyl (C=O) groups excluding carboxylic acids is 1. The Morgan fingerprint density at radius 2 is 1.65 bits per heavy atom. The molecule has 0 aliphatic carbocycles. The Kier molecular flexibility index (Phi) is 3.15. The van der Waals surface area contributed by atoms with E-state index < -0.39 is 16.1 Å². The first-order valence-electron chi connectivity index (χ1n) is 5.68. The molecule has 1 aliphatic rings. The van der Waals surface area contributed by atoms with Crippen LogP contribution in [0.3, 0.4) is 0 Å². The summed E-state index contributed by atoms with van der Waals surface area (Å²) in [5.41, 5.74) is 0. The number of amides is 1. The Labute approximate surface area is 120 Å². The zero-order chi connectivity index (χ0) is 14.2. The molecule has 7 heteroatoms. The maximum Gasteiger partial charge on any atom is 0.440 e. The van der Waals surface area contributed by atoms with Gasteiger partial charge in [0.15, 0.2) is 0 Å². The predicted molar refractivity (Wildman–Crippen MR) is 73.8 cm³/mol. The molecule has 0 bridgehead atoms. The monoisotopic (exact) mass is 307 g/mol. The minimum atomic E-state index is -3.84. The summed E-state index contributed by atoms with van der Waals surface area (Å²) in [6.07, 6.45) is -0.933. The number of benzene rings is 2. The van der Waals surface area contributed by atoms with Gasteiger partial charge in [0.05, 0.1) is 4.90 Å². The number of carbonyl (C=O) groups is 1. The number of hydrogen-bond acceptors (Lipinski definition) is 5. The van der Waals surface area contributed by atoms with E-state index >= 15 is 0 Å². The second kappa shape index (κ2) is 4.84. The van der Waals surface area contributed by atoms with Gasteiger partial charge < -0.3 is 4.74 Å². The molecule has 0 saturated heterocycles. The first-order valence-corrected chi connectivity index (χ1v) is 7.89. The molecule has 0 spiro atoms. The van der Waals surface area contributed by atoms with E-state index in [1.807, 2.05) is 0 Å². The zero-order valence-corrected chi connectivity index (χ0v) is 11.7. The molecule has 20 heavy (non-hydrogen) atoms. The smallest absolute Gasteiger partial charge is 0.409 e. The van der Waals surface area contributed by atoms with Gasteiger partial charge in [0.25, 0.3) is 10.0 Å². The van der Waals surface area contributed by atoms with E-state index in [-0.39, 0.29) is 4.90 Å². The van der Waals surface area contributed by atoms with Gasteiger partial charge in [0.1, 0.15) is 10.6 Å². The van der Waals surface area contributed by atoms with Crippen molar-refractivity contribution in [2.24, 2.45) is 0 Å². The summed E-state index contributed by atoms with van der Waals surface area (Å²) < 4.78 is 30.1. The van der Waals surface area contributed by atoms with Crippen LogP contribution in [0.2, 0.25) is 0 Å². The van der Waals surface area contributed by atoms with Crippen molar-refractivity contribution in [2.75, 3.05) is 0 Å². The SMILES string of the molecule is O=C(Oc1ccccc1)N1Sc2ccccc2S1(=O)=O. The topological polar surface area (TPSA) is 63.7 Å². The third kappa shape index (κ3) is 2.14. The normalized spacial score (nSPS) is 15.7. The first kappa shape index (κ1) is 13.0. The highest BCUT2D eigenvalue weighted by Crippen LogP contribution is 2.41. The molecule has 1 heterocycles. The molecular weight excluding hydrogens is 298 g/mol. The van der Waals surface area contributed by atoms with Crippen LogP contribution in [0.4, 0.5) is 4.79 Å². The standard InChI is InChI=1S/C13H9NO4S2/c15-13(18-10-6-2-1-3-7-10)14-19-11-8-4-5-9-12(11)20(14,16)17/h1-9H. The van der Waals surface area contributed by atoms with Crippen molar-refractivity contribution in [1.82, 2.24) is 3.71 Å². The summed E-state index contributed by atoms with van der Waals surface area (Å²) in [6.45, 7) is 0. The van der Waals surface area contributed by atoms with Crippen molar-refractivity contribution in [3.05, 3.63) is 54.6 Å². The van der Waals surface area contributed by atoms with Crippen LogP contribution in [-0.4, -0.2) is 18.2 Å². The lowest BCUT2D eigenvalue weighted by molar-refractivity contribution is 0.195. The third-order valence-corrected chi connectivity index (χ3v) is 5.93. The van der Waals surface area contributed by atoms with Gasteiger partial charge in [-0.15, -0.1) is 3.71 Å². The number of fused-ring (bicyclic) bond motifs is 1. The van der Waals surface area contributed by atoms with Crippen LogP contribution in [0.25, 0.3) is 0 Å². The number of ether oxygens (including phenoxy) is 1. The fraction of sp³-hybridized carbons (Fsp3) is 0. The molecule has 0 N–H and O–H groups in total. The Bertz CT molecular complexity index is 759. The molecule has 1 aliphatic heterocycles. The highest BCUT2D eigenvalue weighted by atomic mass is 32.3. The summed E-state index contributed by atoms with van der Waals surface area (Å²) in [4.78, 5) is 12.6. The maximum atomic E-state index is 12.2. The van der Waals surface area contributed by atoms with Crippen LogP contribution in [0.15, 0.2) is 64.4 Å². The molecular formula is C13H9NO4S2. The Balaban J connectivity index is 1.88. The lowest BCUT2D eigenvalue weighted by Crippen LogP contribution is -2.29. The molecule has 0 saturated carbocycles. The van der Waals surface area contributed by atoms with Crippen LogP contribution in [0.5, 0.6) is 5.75 Å². The molecule has 0 atom stereocenters. The van der Waals surface area contributed by atoms with Crippen LogP contribution in [0, 0.1) is 0 Å². The Hall–Kier alpha value is -1.99. The molecule has 3 rings (SSSR count). The molecule has 0 radical (unpaired) electrons. The minimum absolute atomic E-state index is 0.120. The van der Waals surface area contributed by atoms with Crippen LogP contribution in [-0.2, 0) is 10.0 Å². The summed E-state index contributed by atoms with van der Waals surface area (Å²) in [6, 6.07) is 14.8. The van der Waals surface area contributed by atoms with Crippen LogP contribution in [0.1, 0.15) is 0 Å². The van der Waals surface area contributed by atoms with Crippen molar-refractivity contribution in [3.8, 4) is 5.75 Å². The van der Waals surface area contributed by atoms with Crippen molar-refractivity contribution in [1.29, 1.82) is 0 Å². The van der Waals surface area contributed by atoms with Crippen LogP contribution >= 0.6 is 11.9 Å². The van der Waals surface area contributed by atoms with Crippen molar-refractivity contribution in [2.45, 2.75) is 9.79 Å². The highest BCUT2D eigenvalue weighted by Gasteiger charge is 2.40. The van der Waals surface area contributed by atoms with E-state index in [1.165, 1.54) is 6.07 Å². The number of hydrogen-bond donors (Lipinski definition) is 0. The van der Waals surface area contributed by atoms with E-state index in [4.69, 9.17) is 4.74 Å². The van der Waals surface area contributed by atoms with E-state index in [2.05, 4.69) is 0 Å². The van der Waals surface area contributed by atoms with Gasteiger partial charge in [0.2, 0.25) is 0 Å². The Morgan fingerprint density at radius 1 is 1.00 bits per heavy atom. The number of nitrogens with zero attached hydrogens (tertiary/aromatic N) is 1. The lowest BCUT2D eigenvalue weighted by Gasteiger charge is -2.12. The average Bonchev–Trinajstić information content (AvgIpc) is 2.72. The van der Waals surface area contributed by atoms with Gasteiger partial charge in [-0.3, -0.25) is 0 Å². The molecule has 0 unspecified atom stereocenters. The maximum absolute atomic E-state index is 12.2. The van der Waals surface area contributed by atoms with Gasteiger partial charge >= 0.3 is 6.09 Å². The molecule has 5 nitrogen and oxygen atoms in total. The van der Waals surface area contributed by atoms with Crippen molar-refractivity contribution in [3.63, 3.8) is 0 Å². The minimum Gasteiger partial charge on any atom is -0.409 e. The van der Waals surface area contributed by atoms with E-state index in [1.54, 1.807) is 48.5 Å². The van der Waals surface area contributed by atoms with Gasteiger partial charge in [-0.1, -0.05) is 30.3 Å². The van der Waals surface area contributed by atoms with Gasteiger partial charge in [-0.05, 0) is 24.3 Å². The van der Waals surface area contributed by atoms with Gasteiger partial charge in [-0.2, -0.15) is 8.42 Å². The largest absolute Gasteiger partial charge is 0.440 e. The summed E-state index contributed by atoms with van der Waals surface area (Å²) in [5, 5.41) is 0. The molecule has 0 aromatic heterocycles. The lowest BCUT2D eigenvalue weighted by atomic mass is 10.3. The van der Waals surface area contributed by atoms with E-state index in [9.17, 15) is 13.2 Å². The second-order valence-corrected chi connectivity index (χ2v) is 6.93. The zero-order valence-electron chi connectivity index (χ0n) is 10.1. The van der Waals surface area contributed by atoms with Crippen molar-refractivity contribution < 1.29 is 17.9 Å². The van der Waals surface area contributed by atoms with Crippen molar-refractivity contribution >= 4 is 28.1 Å². The molecule has 2 aromatic carbocycles. The first-order chi connectivity index (χ1) is 9.59. The quantitative estimate of drug-likeness (QED) is 0.758. The van der Waals surface area contributed by atoms with Gasteiger partial charge in [-0.25, -0.2) is 4.79 Å². The number of rotatable bonds is 1. The summed E-state index contributed by atoms with van der Waals surface area (Å²) in [7, 11) is -3.84. The average molecular weight is 307 g/mol.